The summed E-state index contributed by atoms with van der Waals surface area (Å²) in [5, 5.41) is 3.60. The molecule has 4 unspecified atom stereocenters. The zero-order chi connectivity index (χ0) is 15.4. The first-order valence-corrected chi connectivity index (χ1v) is 8.92. The standard InChI is InChI=1S/C20H24N2O/c1-13-5-8-20(23-13)15-4-2-3-14(9-15)12-22-18-6-7-19(22)17-11-21-10-16(17)18/h2-5,8-9,16-19,21H,6-7,10-12H2,1H3. The first-order valence-electron chi connectivity index (χ1n) is 8.92. The number of furan rings is 1. The van der Waals surface area contributed by atoms with Gasteiger partial charge < -0.3 is 9.73 Å². The molecule has 3 nitrogen and oxygen atoms in total. The highest BCUT2D eigenvalue weighted by Crippen LogP contribution is 2.47. The molecular formula is C20H24N2O. The lowest BCUT2D eigenvalue weighted by Gasteiger charge is -2.24. The van der Waals surface area contributed by atoms with Gasteiger partial charge in [-0.3, -0.25) is 4.90 Å². The molecule has 3 aliphatic rings. The van der Waals surface area contributed by atoms with Crippen molar-refractivity contribution in [1.82, 2.24) is 10.2 Å². The summed E-state index contributed by atoms with van der Waals surface area (Å²) in [6, 6.07) is 14.6. The van der Waals surface area contributed by atoms with Gasteiger partial charge in [0.15, 0.2) is 0 Å². The fraction of sp³-hybridized carbons (Fsp3) is 0.500. The van der Waals surface area contributed by atoms with Crippen molar-refractivity contribution in [2.45, 2.75) is 38.4 Å². The Bertz CT molecular complexity index is 704. The molecule has 0 radical (unpaired) electrons. The molecule has 0 aliphatic carbocycles. The average molecular weight is 308 g/mol. The Morgan fingerprint density at radius 2 is 1.87 bits per heavy atom. The lowest BCUT2D eigenvalue weighted by molar-refractivity contribution is 0.218. The summed E-state index contributed by atoms with van der Waals surface area (Å²) in [5.74, 6) is 3.74. The Kier molecular flexibility index (Phi) is 3.14. The average Bonchev–Trinajstić information content (AvgIpc) is 3.30. The van der Waals surface area contributed by atoms with E-state index in [0.717, 1.165) is 42.0 Å². The summed E-state index contributed by atoms with van der Waals surface area (Å²) in [7, 11) is 0. The van der Waals surface area contributed by atoms with Crippen LogP contribution in [0.4, 0.5) is 0 Å². The Labute approximate surface area is 137 Å². The summed E-state index contributed by atoms with van der Waals surface area (Å²) in [6.07, 6.45) is 2.79. The van der Waals surface area contributed by atoms with Gasteiger partial charge in [0.25, 0.3) is 0 Å². The first-order chi connectivity index (χ1) is 11.3. The van der Waals surface area contributed by atoms with E-state index in [1.165, 1.54) is 37.1 Å². The van der Waals surface area contributed by atoms with Crippen LogP contribution in [-0.2, 0) is 6.54 Å². The van der Waals surface area contributed by atoms with Gasteiger partial charge in [-0.25, -0.2) is 0 Å². The maximum Gasteiger partial charge on any atom is 0.134 e. The van der Waals surface area contributed by atoms with Crippen molar-refractivity contribution in [1.29, 1.82) is 0 Å². The number of benzene rings is 1. The van der Waals surface area contributed by atoms with Crippen molar-refractivity contribution in [2.75, 3.05) is 13.1 Å². The molecule has 0 spiro atoms. The molecule has 4 atom stereocenters. The minimum atomic E-state index is 0.800. The van der Waals surface area contributed by atoms with Gasteiger partial charge in [-0.05, 0) is 68.5 Å². The highest BCUT2D eigenvalue weighted by atomic mass is 16.3. The zero-order valence-corrected chi connectivity index (χ0v) is 13.7. The van der Waals surface area contributed by atoms with E-state index >= 15 is 0 Å². The van der Waals surface area contributed by atoms with Gasteiger partial charge in [-0.1, -0.05) is 18.2 Å². The molecular weight excluding hydrogens is 284 g/mol. The Hall–Kier alpha value is -1.58. The Morgan fingerprint density at radius 1 is 1.09 bits per heavy atom. The summed E-state index contributed by atoms with van der Waals surface area (Å²) >= 11 is 0. The van der Waals surface area contributed by atoms with Crippen molar-refractivity contribution >= 4 is 0 Å². The second-order valence-electron chi connectivity index (χ2n) is 7.48. The monoisotopic (exact) mass is 308 g/mol. The van der Waals surface area contributed by atoms with Gasteiger partial charge in [0.2, 0.25) is 0 Å². The van der Waals surface area contributed by atoms with Crippen LogP contribution in [0.1, 0.15) is 24.2 Å². The third kappa shape index (κ3) is 2.18. The van der Waals surface area contributed by atoms with Gasteiger partial charge in [0.1, 0.15) is 11.5 Å². The SMILES string of the molecule is Cc1ccc(-c2cccc(CN3C4CCC3C3CNCC34)c2)o1. The maximum atomic E-state index is 5.79. The van der Waals surface area contributed by atoms with Crippen molar-refractivity contribution in [2.24, 2.45) is 11.8 Å². The van der Waals surface area contributed by atoms with E-state index in [-0.39, 0.29) is 0 Å². The first kappa shape index (κ1) is 13.8. The summed E-state index contributed by atoms with van der Waals surface area (Å²) in [6.45, 7) is 5.56. The number of hydrogen-bond acceptors (Lipinski definition) is 3. The molecule has 0 amide bonds. The topological polar surface area (TPSA) is 28.4 Å². The van der Waals surface area contributed by atoms with Crippen LogP contribution in [0.5, 0.6) is 0 Å². The van der Waals surface area contributed by atoms with Crippen LogP contribution in [0.3, 0.4) is 0 Å². The number of nitrogens with one attached hydrogen (secondary N) is 1. The molecule has 3 fully saturated rings. The van der Waals surface area contributed by atoms with Crippen molar-refractivity contribution in [3.05, 3.63) is 47.7 Å². The molecule has 23 heavy (non-hydrogen) atoms. The molecule has 3 saturated heterocycles. The van der Waals surface area contributed by atoms with Crippen molar-refractivity contribution < 1.29 is 4.42 Å². The quantitative estimate of drug-likeness (QED) is 0.941. The maximum absolute atomic E-state index is 5.79. The molecule has 1 N–H and O–H groups in total. The largest absolute Gasteiger partial charge is 0.461 e. The number of hydrogen-bond donors (Lipinski definition) is 1. The van der Waals surface area contributed by atoms with Gasteiger partial charge >= 0.3 is 0 Å². The second-order valence-corrected chi connectivity index (χ2v) is 7.48. The van der Waals surface area contributed by atoms with Crippen molar-refractivity contribution in [3.8, 4) is 11.3 Å². The molecule has 4 heterocycles. The molecule has 0 saturated carbocycles. The van der Waals surface area contributed by atoms with Gasteiger partial charge in [-0.15, -0.1) is 0 Å². The van der Waals surface area contributed by atoms with Crippen LogP contribution in [-0.4, -0.2) is 30.1 Å². The van der Waals surface area contributed by atoms with Gasteiger partial charge in [0, 0.05) is 24.2 Å². The zero-order valence-electron chi connectivity index (χ0n) is 13.7. The van der Waals surface area contributed by atoms with Gasteiger partial charge in [-0.2, -0.15) is 0 Å². The van der Waals surface area contributed by atoms with Crippen LogP contribution in [0.15, 0.2) is 40.8 Å². The number of aryl methyl sites for hydroxylation is 1. The number of fused-ring (bicyclic) bond motifs is 5. The summed E-state index contributed by atoms with van der Waals surface area (Å²) < 4.78 is 5.79. The highest BCUT2D eigenvalue weighted by Gasteiger charge is 2.54. The second kappa shape index (κ2) is 5.22. The molecule has 1 aromatic heterocycles. The fourth-order valence-corrected chi connectivity index (χ4v) is 5.26. The smallest absolute Gasteiger partial charge is 0.134 e. The fourth-order valence-electron chi connectivity index (χ4n) is 5.26. The predicted molar refractivity (Wildman–Crippen MR) is 91.1 cm³/mol. The lowest BCUT2D eigenvalue weighted by atomic mass is 9.82. The minimum absolute atomic E-state index is 0.800. The van der Waals surface area contributed by atoms with E-state index in [4.69, 9.17) is 4.42 Å². The molecule has 5 rings (SSSR count). The third-order valence-corrected chi connectivity index (χ3v) is 6.23. The minimum Gasteiger partial charge on any atom is -0.461 e. The molecule has 2 aromatic rings. The molecule has 2 bridgehead atoms. The van der Waals surface area contributed by atoms with Crippen LogP contribution < -0.4 is 5.32 Å². The van der Waals surface area contributed by atoms with Crippen LogP contribution >= 0.6 is 0 Å². The Morgan fingerprint density at radius 3 is 2.57 bits per heavy atom. The van der Waals surface area contributed by atoms with E-state index in [1.54, 1.807) is 0 Å². The van der Waals surface area contributed by atoms with E-state index in [9.17, 15) is 0 Å². The normalized spacial score (nSPS) is 32.6. The molecule has 3 heteroatoms. The van der Waals surface area contributed by atoms with Crippen LogP contribution in [0.2, 0.25) is 0 Å². The third-order valence-electron chi connectivity index (χ3n) is 6.23. The molecule has 3 aliphatic heterocycles. The number of nitrogens with zero attached hydrogens (tertiary/aromatic N) is 1. The van der Waals surface area contributed by atoms with E-state index in [1.807, 2.05) is 13.0 Å². The van der Waals surface area contributed by atoms with E-state index < -0.39 is 0 Å². The van der Waals surface area contributed by atoms with Crippen LogP contribution in [0.25, 0.3) is 11.3 Å². The molecule has 1 aromatic carbocycles. The molecule has 120 valence electrons. The number of rotatable bonds is 3. The van der Waals surface area contributed by atoms with Gasteiger partial charge in [0.05, 0.1) is 0 Å². The summed E-state index contributed by atoms with van der Waals surface area (Å²) in [5.41, 5.74) is 2.62. The predicted octanol–water partition coefficient (Wildman–Crippen LogP) is 3.44. The van der Waals surface area contributed by atoms with Crippen LogP contribution in [0, 0.1) is 18.8 Å². The lowest BCUT2D eigenvalue weighted by Crippen LogP contribution is -2.33. The highest BCUT2D eigenvalue weighted by molar-refractivity contribution is 5.58. The summed E-state index contributed by atoms with van der Waals surface area (Å²) in [4.78, 5) is 2.79. The van der Waals surface area contributed by atoms with Crippen molar-refractivity contribution in [3.63, 3.8) is 0 Å². The Balaban J connectivity index is 1.39. The van der Waals surface area contributed by atoms with E-state index in [0.29, 0.717) is 0 Å². The van der Waals surface area contributed by atoms with E-state index in [2.05, 4.69) is 40.5 Å².